The van der Waals surface area contributed by atoms with Gasteiger partial charge in [-0.15, -0.1) is 0 Å². The van der Waals surface area contributed by atoms with Crippen LogP contribution >= 0.6 is 0 Å². The van der Waals surface area contributed by atoms with Crippen molar-refractivity contribution in [2.45, 2.75) is 48.5 Å². The molecule has 0 aliphatic carbocycles. The maximum atomic E-state index is 12.6. The van der Waals surface area contributed by atoms with Crippen LogP contribution in [0.25, 0.3) is 0 Å². The molecule has 2 aliphatic rings. The minimum atomic E-state index is -1.01. The van der Waals surface area contributed by atoms with Crippen molar-refractivity contribution in [2.24, 2.45) is 0 Å². The summed E-state index contributed by atoms with van der Waals surface area (Å²) < 4.78 is 12.6. The Morgan fingerprint density at radius 1 is 1.32 bits per heavy atom. The van der Waals surface area contributed by atoms with E-state index in [0.717, 1.165) is 30.8 Å². The number of hydrogen-bond donors (Lipinski definition) is 1. The summed E-state index contributed by atoms with van der Waals surface area (Å²) in [6.45, 7) is 3.94. The molecule has 1 N–H and O–H groups in total. The summed E-state index contributed by atoms with van der Waals surface area (Å²) in [6, 6.07) is 8.23. The Morgan fingerprint density at radius 2 is 2.05 bits per heavy atom. The van der Waals surface area contributed by atoms with Crippen molar-refractivity contribution in [1.82, 2.24) is 4.90 Å². The molecule has 3 nitrogen and oxygen atoms in total. The normalized spacial score (nSPS) is 33.1. The van der Waals surface area contributed by atoms with Crippen molar-refractivity contribution in [3.05, 3.63) is 29.8 Å². The summed E-state index contributed by atoms with van der Waals surface area (Å²) in [4.78, 5) is 3.21. The molecule has 0 saturated carbocycles. The van der Waals surface area contributed by atoms with Crippen molar-refractivity contribution >= 4 is 10.8 Å². The van der Waals surface area contributed by atoms with E-state index < -0.39 is 10.8 Å². The number of aryl methyl sites for hydroxylation is 1. The summed E-state index contributed by atoms with van der Waals surface area (Å²) in [5.41, 5.74) is 1.18. The highest BCUT2D eigenvalue weighted by Gasteiger charge is 2.39. The molecule has 2 aliphatic heterocycles. The van der Waals surface area contributed by atoms with Crippen molar-refractivity contribution in [1.29, 1.82) is 0 Å². The van der Waals surface area contributed by atoms with Crippen molar-refractivity contribution < 1.29 is 9.32 Å². The molecule has 1 aromatic rings. The lowest BCUT2D eigenvalue weighted by Crippen LogP contribution is -2.51. The van der Waals surface area contributed by atoms with Crippen LogP contribution in [0.1, 0.15) is 24.8 Å². The second-order valence-electron chi connectivity index (χ2n) is 5.74. The molecule has 4 atom stereocenters. The van der Waals surface area contributed by atoms with Gasteiger partial charge in [0, 0.05) is 17.5 Å². The van der Waals surface area contributed by atoms with Crippen LogP contribution in [0.5, 0.6) is 0 Å². The predicted octanol–water partition coefficient (Wildman–Crippen LogP) is 1.70. The first-order valence-corrected chi connectivity index (χ1v) is 8.26. The van der Waals surface area contributed by atoms with Gasteiger partial charge < -0.3 is 5.11 Å². The fourth-order valence-corrected chi connectivity index (χ4v) is 4.78. The van der Waals surface area contributed by atoms with Crippen molar-refractivity contribution in [3.8, 4) is 0 Å². The van der Waals surface area contributed by atoms with E-state index >= 15 is 0 Å². The highest BCUT2D eigenvalue weighted by molar-refractivity contribution is 7.85. The average Bonchev–Trinajstić information content (AvgIpc) is 2.87. The number of fused-ring (bicyclic) bond motifs is 1. The largest absolute Gasteiger partial charge is 0.391 e. The lowest BCUT2D eigenvalue weighted by Gasteiger charge is -2.38. The van der Waals surface area contributed by atoms with Gasteiger partial charge in [0.25, 0.3) is 0 Å². The van der Waals surface area contributed by atoms with E-state index in [1.165, 1.54) is 5.56 Å². The Balaban J connectivity index is 1.75. The fourth-order valence-electron chi connectivity index (χ4n) is 3.30. The van der Waals surface area contributed by atoms with E-state index in [2.05, 4.69) is 4.90 Å². The van der Waals surface area contributed by atoms with E-state index in [4.69, 9.17) is 0 Å². The van der Waals surface area contributed by atoms with Gasteiger partial charge in [-0.2, -0.15) is 0 Å². The second-order valence-corrected chi connectivity index (χ2v) is 7.47. The molecule has 2 heterocycles. The zero-order valence-electron chi connectivity index (χ0n) is 11.3. The minimum Gasteiger partial charge on any atom is -0.391 e. The quantitative estimate of drug-likeness (QED) is 0.896. The molecule has 0 bridgehead atoms. The van der Waals surface area contributed by atoms with Gasteiger partial charge in [0.15, 0.2) is 0 Å². The molecule has 0 spiro atoms. The highest BCUT2D eigenvalue weighted by Crippen LogP contribution is 2.30. The molecule has 4 heteroatoms. The molecule has 3 rings (SSSR count). The van der Waals surface area contributed by atoms with Gasteiger partial charge >= 0.3 is 0 Å². The second kappa shape index (κ2) is 5.35. The van der Waals surface area contributed by atoms with Crippen LogP contribution < -0.4 is 0 Å². The smallest absolute Gasteiger partial charge is 0.0707 e. The van der Waals surface area contributed by atoms with Gasteiger partial charge in [-0.3, -0.25) is 9.11 Å². The average molecular weight is 279 g/mol. The Labute approximate surface area is 117 Å². The van der Waals surface area contributed by atoms with Crippen LogP contribution in [-0.2, 0) is 10.8 Å². The van der Waals surface area contributed by atoms with Gasteiger partial charge in [0.2, 0.25) is 0 Å². The number of rotatable bonds is 2. The molecular weight excluding hydrogens is 258 g/mol. The Morgan fingerprint density at radius 3 is 2.79 bits per heavy atom. The van der Waals surface area contributed by atoms with Crippen molar-refractivity contribution in [3.63, 3.8) is 0 Å². The van der Waals surface area contributed by atoms with E-state index in [9.17, 15) is 9.32 Å². The van der Waals surface area contributed by atoms with Gasteiger partial charge in [0.05, 0.1) is 22.2 Å². The number of aliphatic hydroxyl groups excluding tert-OH is 1. The maximum absolute atomic E-state index is 12.6. The first kappa shape index (κ1) is 13.3. The van der Waals surface area contributed by atoms with Gasteiger partial charge in [-0.25, -0.2) is 0 Å². The standard InChI is InChI=1S/C15H21NO2S/c1-11-4-6-12(7-5-11)19(18)13-9-15(17)14-3-2-8-16(14)10-13/h4-7,13-15,17H,2-3,8-10H2,1H3/t13-,14-,15+,19?/m0/s1. The fraction of sp³-hybridized carbons (Fsp3) is 0.600. The third kappa shape index (κ3) is 2.62. The number of hydrogen-bond acceptors (Lipinski definition) is 3. The van der Waals surface area contributed by atoms with Gasteiger partial charge in [-0.05, 0) is 44.9 Å². The summed E-state index contributed by atoms with van der Waals surface area (Å²) in [7, 11) is -1.01. The number of aliphatic hydroxyl groups is 1. The Bertz CT molecular complexity index is 474. The molecule has 1 aromatic carbocycles. The lowest BCUT2D eigenvalue weighted by molar-refractivity contribution is 0.0368. The Hall–Kier alpha value is -0.710. The molecule has 0 amide bonds. The molecule has 1 unspecified atom stereocenters. The molecule has 19 heavy (non-hydrogen) atoms. The maximum Gasteiger partial charge on any atom is 0.0707 e. The third-order valence-electron chi connectivity index (χ3n) is 4.36. The highest BCUT2D eigenvalue weighted by atomic mass is 32.2. The summed E-state index contributed by atoms with van der Waals surface area (Å²) >= 11 is 0. The third-order valence-corrected chi connectivity index (χ3v) is 6.04. The van der Waals surface area contributed by atoms with Crippen molar-refractivity contribution in [2.75, 3.05) is 13.1 Å². The van der Waals surface area contributed by atoms with Crippen LogP contribution in [0.4, 0.5) is 0 Å². The monoisotopic (exact) mass is 279 g/mol. The number of benzene rings is 1. The van der Waals surface area contributed by atoms with Crippen LogP contribution in [-0.4, -0.2) is 44.7 Å². The number of piperidine rings is 1. The summed E-state index contributed by atoms with van der Waals surface area (Å²) in [5, 5.41) is 10.3. The topological polar surface area (TPSA) is 40.5 Å². The molecule has 0 aromatic heterocycles. The first-order chi connectivity index (χ1) is 9.15. The van der Waals surface area contributed by atoms with Crippen LogP contribution in [0.2, 0.25) is 0 Å². The molecule has 2 saturated heterocycles. The molecule has 2 fully saturated rings. The minimum absolute atomic E-state index is 0.0621. The van der Waals surface area contributed by atoms with E-state index in [-0.39, 0.29) is 11.4 Å². The van der Waals surface area contributed by atoms with Gasteiger partial charge in [-0.1, -0.05) is 17.7 Å². The van der Waals surface area contributed by atoms with E-state index in [1.54, 1.807) is 0 Å². The predicted molar refractivity (Wildman–Crippen MR) is 76.6 cm³/mol. The summed E-state index contributed by atoms with van der Waals surface area (Å²) in [6.07, 6.45) is 2.61. The van der Waals surface area contributed by atoms with Crippen LogP contribution in [0.15, 0.2) is 29.2 Å². The van der Waals surface area contributed by atoms with Gasteiger partial charge in [0.1, 0.15) is 0 Å². The molecule has 0 radical (unpaired) electrons. The van der Waals surface area contributed by atoms with E-state index in [0.29, 0.717) is 12.5 Å². The molecule has 104 valence electrons. The zero-order valence-corrected chi connectivity index (χ0v) is 12.1. The molecular formula is C15H21NO2S. The van der Waals surface area contributed by atoms with E-state index in [1.807, 2.05) is 31.2 Å². The summed E-state index contributed by atoms with van der Waals surface area (Å²) in [5.74, 6) is 0. The first-order valence-electron chi connectivity index (χ1n) is 7.04. The number of nitrogens with zero attached hydrogens (tertiary/aromatic N) is 1. The van der Waals surface area contributed by atoms with Crippen LogP contribution in [0.3, 0.4) is 0 Å². The zero-order chi connectivity index (χ0) is 13.4. The lowest BCUT2D eigenvalue weighted by atomic mass is 9.99. The SMILES string of the molecule is Cc1ccc(S(=O)[C@H]2C[C@@H](O)[C@@H]3CCCN3C2)cc1. The van der Waals surface area contributed by atoms with Crippen LogP contribution in [0, 0.1) is 6.92 Å². The Kier molecular flexibility index (Phi) is 3.74.